The Balaban J connectivity index is 1.48. The van der Waals surface area contributed by atoms with Crippen molar-refractivity contribution in [2.45, 2.75) is 13.8 Å². The molecule has 0 N–H and O–H groups in total. The number of hydrogen-bond acceptors (Lipinski definition) is 4. The second-order valence-electron chi connectivity index (χ2n) is 6.71. The van der Waals surface area contributed by atoms with Crippen molar-refractivity contribution >= 4 is 32.6 Å². The minimum absolute atomic E-state index is 0.111. The van der Waals surface area contributed by atoms with Gasteiger partial charge in [-0.3, -0.25) is 4.79 Å². The van der Waals surface area contributed by atoms with Gasteiger partial charge in [-0.05, 0) is 49.2 Å². The summed E-state index contributed by atoms with van der Waals surface area (Å²) in [5, 5.41) is 1.01. The molecule has 134 valence electrons. The van der Waals surface area contributed by atoms with Gasteiger partial charge in [0.25, 0.3) is 5.91 Å². The van der Waals surface area contributed by atoms with E-state index in [0.717, 1.165) is 23.7 Å². The third-order valence-electron chi connectivity index (χ3n) is 4.73. The largest absolute Gasteiger partial charge is 0.345 e. The highest BCUT2D eigenvalue weighted by atomic mass is 32.1. The van der Waals surface area contributed by atoms with Gasteiger partial charge >= 0.3 is 0 Å². The van der Waals surface area contributed by atoms with Gasteiger partial charge in [0, 0.05) is 31.7 Å². The quantitative estimate of drug-likeness (QED) is 0.685. The number of carbonyl (C=O) groups is 1. The van der Waals surface area contributed by atoms with Crippen LogP contribution in [0.4, 0.5) is 9.52 Å². The van der Waals surface area contributed by atoms with Gasteiger partial charge in [-0.25, -0.2) is 9.37 Å². The number of anilines is 1. The molecule has 1 fully saturated rings. The van der Waals surface area contributed by atoms with Crippen LogP contribution in [0, 0.1) is 19.7 Å². The number of thiazole rings is 1. The molecule has 4 rings (SSSR count). The molecule has 0 atom stereocenters. The van der Waals surface area contributed by atoms with E-state index in [2.05, 4.69) is 30.9 Å². The molecule has 1 aromatic heterocycles. The molecule has 1 aliphatic rings. The smallest absolute Gasteiger partial charge is 0.254 e. The van der Waals surface area contributed by atoms with Crippen LogP contribution >= 0.6 is 11.3 Å². The van der Waals surface area contributed by atoms with E-state index in [9.17, 15) is 9.18 Å². The lowest BCUT2D eigenvalue weighted by atomic mass is 10.1. The molecule has 1 aliphatic heterocycles. The van der Waals surface area contributed by atoms with Crippen molar-refractivity contribution in [3.05, 3.63) is 58.9 Å². The van der Waals surface area contributed by atoms with Crippen LogP contribution in [0.5, 0.6) is 0 Å². The molecule has 0 spiro atoms. The van der Waals surface area contributed by atoms with Crippen LogP contribution in [0.25, 0.3) is 10.2 Å². The summed E-state index contributed by atoms with van der Waals surface area (Å²) in [4.78, 5) is 21.4. The predicted octanol–water partition coefficient (Wildman–Crippen LogP) is 4.01. The summed E-state index contributed by atoms with van der Waals surface area (Å²) in [6.07, 6.45) is 0. The van der Waals surface area contributed by atoms with Gasteiger partial charge in [0.05, 0.1) is 10.2 Å². The Morgan fingerprint density at radius 3 is 2.62 bits per heavy atom. The van der Waals surface area contributed by atoms with E-state index < -0.39 is 0 Å². The third-order valence-corrected chi connectivity index (χ3v) is 5.79. The first-order valence-electron chi connectivity index (χ1n) is 8.69. The van der Waals surface area contributed by atoms with E-state index in [-0.39, 0.29) is 11.7 Å². The summed E-state index contributed by atoms with van der Waals surface area (Å²) in [5.41, 5.74) is 3.91. The maximum absolute atomic E-state index is 13.4. The summed E-state index contributed by atoms with van der Waals surface area (Å²) in [6, 6.07) is 10.2. The lowest BCUT2D eigenvalue weighted by Gasteiger charge is -2.34. The van der Waals surface area contributed by atoms with Crippen LogP contribution in [-0.2, 0) is 0 Å². The zero-order chi connectivity index (χ0) is 18.3. The Bertz CT molecular complexity index is 976. The van der Waals surface area contributed by atoms with E-state index in [1.54, 1.807) is 28.4 Å². The molecule has 1 amide bonds. The van der Waals surface area contributed by atoms with Crippen LogP contribution < -0.4 is 4.90 Å². The van der Waals surface area contributed by atoms with Gasteiger partial charge in [0.2, 0.25) is 0 Å². The predicted molar refractivity (Wildman–Crippen MR) is 104 cm³/mol. The van der Waals surface area contributed by atoms with Crippen molar-refractivity contribution in [1.29, 1.82) is 0 Å². The highest BCUT2D eigenvalue weighted by Gasteiger charge is 2.24. The minimum atomic E-state index is -0.380. The first kappa shape index (κ1) is 17.0. The molecule has 0 radical (unpaired) electrons. The van der Waals surface area contributed by atoms with Crippen molar-refractivity contribution in [2.75, 3.05) is 31.1 Å². The van der Waals surface area contributed by atoms with Gasteiger partial charge in [-0.2, -0.15) is 0 Å². The Labute approximate surface area is 155 Å². The normalized spacial score (nSPS) is 14.9. The fourth-order valence-corrected chi connectivity index (χ4v) is 4.59. The first-order valence-corrected chi connectivity index (χ1v) is 9.50. The molecular weight excluding hydrogens is 349 g/mol. The SMILES string of the molecule is Cc1cc(C)c2nc(N3CCN(C(=O)c4cccc(F)c4)CC3)sc2c1. The Hall–Kier alpha value is -2.47. The zero-order valence-electron chi connectivity index (χ0n) is 14.8. The summed E-state index contributed by atoms with van der Waals surface area (Å²) < 4.78 is 14.6. The average molecular weight is 369 g/mol. The van der Waals surface area contributed by atoms with Gasteiger partial charge in [-0.15, -0.1) is 0 Å². The number of amides is 1. The van der Waals surface area contributed by atoms with Crippen LogP contribution in [0.15, 0.2) is 36.4 Å². The standard InChI is InChI=1S/C20H20FN3OS/c1-13-10-14(2)18-17(11-13)26-20(22-18)24-8-6-23(7-9-24)19(25)15-4-3-5-16(21)12-15/h3-5,10-12H,6-9H2,1-2H3. The van der Waals surface area contributed by atoms with Crippen molar-refractivity contribution in [3.8, 4) is 0 Å². The number of fused-ring (bicyclic) bond motifs is 1. The number of aryl methyl sites for hydroxylation is 2. The molecule has 0 aliphatic carbocycles. The Kier molecular flexibility index (Phi) is 4.36. The van der Waals surface area contributed by atoms with Crippen molar-refractivity contribution < 1.29 is 9.18 Å². The van der Waals surface area contributed by atoms with E-state index in [4.69, 9.17) is 4.98 Å². The number of piperazine rings is 1. The number of halogens is 1. The molecule has 3 aromatic rings. The van der Waals surface area contributed by atoms with Crippen LogP contribution in [0.1, 0.15) is 21.5 Å². The highest BCUT2D eigenvalue weighted by molar-refractivity contribution is 7.22. The van der Waals surface area contributed by atoms with Crippen molar-refractivity contribution in [2.24, 2.45) is 0 Å². The van der Waals surface area contributed by atoms with Crippen LogP contribution in [0.2, 0.25) is 0 Å². The molecule has 1 saturated heterocycles. The summed E-state index contributed by atoms with van der Waals surface area (Å²) in [6.45, 7) is 6.89. The van der Waals surface area contributed by atoms with Crippen molar-refractivity contribution in [3.63, 3.8) is 0 Å². The first-order chi connectivity index (χ1) is 12.5. The lowest BCUT2D eigenvalue weighted by Crippen LogP contribution is -2.48. The maximum atomic E-state index is 13.4. The number of benzene rings is 2. The van der Waals surface area contributed by atoms with Gasteiger partial charge in [-0.1, -0.05) is 23.5 Å². The van der Waals surface area contributed by atoms with Gasteiger partial charge in [0.1, 0.15) is 5.82 Å². The van der Waals surface area contributed by atoms with Crippen LogP contribution in [0.3, 0.4) is 0 Å². The Morgan fingerprint density at radius 2 is 1.88 bits per heavy atom. The third kappa shape index (κ3) is 3.17. The monoisotopic (exact) mass is 369 g/mol. The molecule has 6 heteroatoms. The molecule has 2 heterocycles. The zero-order valence-corrected chi connectivity index (χ0v) is 15.6. The number of rotatable bonds is 2. The molecule has 0 unspecified atom stereocenters. The molecule has 0 saturated carbocycles. The second-order valence-corrected chi connectivity index (χ2v) is 7.72. The maximum Gasteiger partial charge on any atom is 0.254 e. The molecule has 26 heavy (non-hydrogen) atoms. The highest BCUT2D eigenvalue weighted by Crippen LogP contribution is 2.32. The van der Waals surface area contributed by atoms with E-state index >= 15 is 0 Å². The topological polar surface area (TPSA) is 36.4 Å². The fourth-order valence-electron chi connectivity index (χ4n) is 3.40. The lowest BCUT2D eigenvalue weighted by molar-refractivity contribution is 0.0746. The van der Waals surface area contributed by atoms with E-state index in [1.807, 2.05) is 0 Å². The van der Waals surface area contributed by atoms with Gasteiger partial charge < -0.3 is 9.80 Å². The number of carbonyl (C=O) groups excluding carboxylic acids is 1. The summed E-state index contributed by atoms with van der Waals surface area (Å²) in [7, 11) is 0. The van der Waals surface area contributed by atoms with E-state index in [0.29, 0.717) is 18.7 Å². The Morgan fingerprint density at radius 1 is 1.12 bits per heavy atom. The van der Waals surface area contributed by atoms with Crippen molar-refractivity contribution in [1.82, 2.24) is 9.88 Å². The molecular formula is C20H20FN3OS. The minimum Gasteiger partial charge on any atom is -0.345 e. The molecule has 2 aromatic carbocycles. The molecule has 4 nitrogen and oxygen atoms in total. The van der Waals surface area contributed by atoms with Gasteiger partial charge in [0.15, 0.2) is 5.13 Å². The summed E-state index contributed by atoms with van der Waals surface area (Å²) >= 11 is 1.70. The average Bonchev–Trinajstić information content (AvgIpc) is 3.05. The second kappa shape index (κ2) is 6.68. The number of nitrogens with zero attached hydrogens (tertiary/aromatic N) is 3. The van der Waals surface area contributed by atoms with E-state index in [1.165, 1.54) is 28.0 Å². The van der Waals surface area contributed by atoms with Crippen LogP contribution in [-0.4, -0.2) is 42.0 Å². The number of aromatic nitrogens is 1. The number of hydrogen-bond donors (Lipinski definition) is 0. The fraction of sp³-hybridized carbons (Fsp3) is 0.300. The summed E-state index contributed by atoms with van der Waals surface area (Å²) in [5.74, 6) is -0.491. The molecule has 0 bridgehead atoms.